The molecule has 6 heteroatoms. The molecule has 15 heavy (non-hydrogen) atoms. The van der Waals surface area contributed by atoms with Crippen LogP contribution in [0.2, 0.25) is 0 Å². The summed E-state index contributed by atoms with van der Waals surface area (Å²) in [5, 5.41) is 9.10. The Labute approximate surface area is 90.1 Å². The fourth-order valence-corrected chi connectivity index (χ4v) is 3.74. The quantitative estimate of drug-likeness (QED) is 0.757. The third kappa shape index (κ3) is 2.49. The lowest BCUT2D eigenvalue weighted by atomic mass is 9.87. The van der Waals surface area contributed by atoms with Gasteiger partial charge in [0.05, 0.1) is 5.75 Å². The van der Waals surface area contributed by atoms with Crippen molar-refractivity contribution < 1.29 is 18.3 Å². The Kier molecular flexibility index (Phi) is 3.11. The summed E-state index contributed by atoms with van der Waals surface area (Å²) in [5.74, 6) is -1.01. The summed E-state index contributed by atoms with van der Waals surface area (Å²) in [6.45, 7) is 5.52. The van der Waals surface area contributed by atoms with Crippen LogP contribution in [0, 0.1) is 5.41 Å². The number of aliphatic carboxylic acids is 1. The standard InChI is InChI=1S/C9H17NO4S/c1-9(2,3)7(8(11)12)10-5-4-6-15(10,13)14/h7H,4-6H2,1-3H3,(H,11,12). The van der Waals surface area contributed by atoms with Gasteiger partial charge >= 0.3 is 5.97 Å². The van der Waals surface area contributed by atoms with Crippen LogP contribution in [0.5, 0.6) is 0 Å². The molecule has 1 N–H and O–H groups in total. The van der Waals surface area contributed by atoms with E-state index in [1.165, 1.54) is 0 Å². The zero-order chi connectivity index (χ0) is 11.9. The average Bonchev–Trinajstić information content (AvgIpc) is 2.27. The van der Waals surface area contributed by atoms with E-state index in [1.54, 1.807) is 20.8 Å². The summed E-state index contributed by atoms with van der Waals surface area (Å²) in [6.07, 6.45) is 0.516. The van der Waals surface area contributed by atoms with Gasteiger partial charge in [-0.2, -0.15) is 4.31 Å². The molecule has 1 heterocycles. The van der Waals surface area contributed by atoms with Gasteiger partial charge in [0.1, 0.15) is 6.04 Å². The molecule has 5 nitrogen and oxygen atoms in total. The molecule has 1 rings (SSSR count). The lowest BCUT2D eigenvalue weighted by Gasteiger charge is -2.33. The Morgan fingerprint density at radius 1 is 1.40 bits per heavy atom. The molecule has 0 saturated carbocycles. The fourth-order valence-electron chi connectivity index (χ4n) is 1.87. The van der Waals surface area contributed by atoms with Gasteiger partial charge < -0.3 is 5.11 Å². The van der Waals surface area contributed by atoms with Crippen LogP contribution in [0.25, 0.3) is 0 Å². The molecule has 1 unspecified atom stereocenters. The topological polar surface area (TPSA) is 74.7 Å². The smallest absolute Gasteiger partial charge is 0.322 e. The number of sulfonamides is 1. The van der Waals surface area contributed by atoms with E-state index < -0.39 is 27.4 Å². The van der Waals surface area contributed by atoms with E-state index in [2.05, 4.69) is 0 Å². The highest BCUT2D eigenvalue weighted by Crippen LogP contribution is 2.29. The van der Waals surface area contributed by atoms with Crippen molar-refractivity contribution in [1.29, 1.82) is 0 Å². The maximum Gasteiger partial charge on any atom is 0.322 e. The zero-order valence-corrected chi connectivity index (χ0v) is 10.0. The van der Waals surface area contributed by atoms with Crippen molar-refractivity contribution >= 4 is 16.0 Å². The lowest BCUT2D eigenvalue weighted by Crippen LogP contribution is -2.49. The highest BCUT2D eigenvalue weighted by atomic mass is 32.2. The van der Waals surface area contributed by atoms with Gasteiger partial charge in [-0.3, -0.25) is 4.79 Å². The molecule has 1 fully saturated rings. The van der Waals surface area contributed by atoms with Gasteiger partial charge in [0.25, 0.3) is 0 Å². The van der Waals surface area contributed by atoms with E-state index in [9.17, 15) is 13.2 Å². The molecule has 0 spiro atoms. The summed E-state index contributed by atoms with van der Waals surface area (Å²) < 4.78 is 24.4. The van der Waals surface area contributed by atoms with Crippen LogP contribution in [-0.2, 0) is 14.8 Å². The minimum atomic E-state index is -3.36. The Morgan fingerprint density at radius 2 is 1.93 bits per heavy atom. The Bertz CT molecular complexity index is 355. The van der Waals surface area contributed by atoms with Crippen molar-refractivity contribution in [1.82, 2.24) is 4.31 Å². The monoisotopic (exact) mass is 235 g/mol. The van der Waals surface area contributed by atoms with Crippen LogP contribution in [0.4, 0.5) is 0 Å². The van der Waals surface area contributed by atoms with E-state index >= 15 is 0 Å². The van der Waals surface area contributed by atoms with Crippen LogP contribution in [0.1, 0.15) is 27.2 Å². The summed E-state index contributed by atoms with van der Waals surface area (Å²) in [5.41, 5.74) is -0.594. The highest BCUT2D eigenvalue weighted by Gasteiger charge is 2.44. The van der Waals surface area contributed by atoms with Gasteiger partial charge in [0.15, 0.2) is 0 Å². The van der Waals surface area contributed by atoms with Gasteiger partial charge in [0.2, 0.25) is 10.0 Å². The molecule has 1 aliphatic heterocycles. The predicted molar refractivity (Wildman–Crippen MR) is 56.0 cm³/mol. The van der Waals surface area contributed by atoms with Crippen LogP contribution in [0.15, 0.2) is 0 Å². The first-order valence-electron chi connectivity index (χ1n) is 4.88. The molecule has 0 amide bonds. The number of rotatable bonds is 2. The lowest BCUT2D eigenvalue weighted by molar-refractivity contribution is -0.144. The van der Waals surface area contributed by atoms with Crippen molar-refractivity contribution in [2.45, 2.75) is 33.2 Å². The molecule has 0 aromatic carbocycles. The van der Waals surface area contributed by atoms with E-state index in [-0.39, 0.29) is 5.75 Å². The van der Waals surface area contributed by atoms with Crippen molar-refractivity contribution in [3.8, 4) is 0 Å². The Hall–Kier alpha value is -0.620. The molecule has 1 saturated heterocycles. The SMILES string of the molecule is CC(C)(C)C(C(=O)O)N1CCCS1(=O)=O. The number of hydrogen-bond donors (Lipinski definition) is 1. The second-order valence-electron chi connectivity index (χ2n) is 4.89. The summed E-state index contributed by atoms with van der Waals surface area (Å²) in [6, 6.07) is -0.968. The van der Waals surface area contributed by atoms with E-state index in [1.807, 2.05) is 0 Å². The van der Waals surface area contributed by atoms with Gasteiger partial charge in [-0.15, -0.1) is 0 Å². The van der Waals surface area contributed by atoms with Gasteiger partial charge in [-0.1, -0.05) is 20.8 Å². The third-order valence-corrected chi connectivity index (χ3v) is 4.39. The van der Waals surface area contributed by atoms with Crippen molar-refractivity contribution in [2.75, 3.05) is 12.3 Å². The molecule has 0 aliphatic carbocycles. The molecule has 0 aromatic rings. The van der Waals surface area contributed by atoms with Gasteiger partial charge in [-0.05, 0) is 11.8 Å². The summed E-state index contributed by atoms with van der Waals surface area (Å²) >= 11 is 0. The maximum absolute atomic E-state index is 11.6. The Balaban J connectivity index is 3.07. The number of nitrogens with zero attached hydrogens (tertiary/aromatic N) is 1. The first-order chi connectivity index (χ1) is 6.66. The van der Waals surface area contributed by atoms with E-state index in [0.717, 1.165) is 4.31 Å². The normalized spacial score (nSPS) is 23.9. The number of carboxylic acids is 1. The van der Waals surface area contributed by atoms with Crippen molar-refractivity contribution in [3.05, 3.63) is 0 Å². The van der Waals surface area contributed by atoms with Crippen LogP contribution < -0.4 is 0 Å². The number of carboxylic acid groups (broad SMARTS) is 1. The largest absolute Gasteiger partial charge is 0.480 e. The molecule has 0 aromatic heterocycles. The van der Waals surface area contributed by atoms with E-state index in [4.69, 9.17) is 5.11 Å². The second kappa shape index (κ2) is 3.75. The predicted octanol–water partition coefficient (Wildman–Crippen LogP) is 0.521. The minimum Gasteiger partial charge on any atom is -0.480 e. The Morgan fingerprint density at radius 3 is 2.20 bits per heavy atom. The van der Waals surface area contributed by atoms with Gasteiger partial charge in [-0.25, -0.2) is 8.42 Å². The van der Waals surface area contributed by atoms with E-state index in [0.29, 0.717) is 13.0 Å². The molecular weight excluding hydrogens is 218 g/mol. The van der Waals surface area contributed by atoms with Crippen molar-refractivity contribution in [2.24, 2.45) is 5.41 Å². The van der Waals surface area contributed by atoms with Crippen LogP contribution in [0.3, 0.4) is 0 Å². The highest BCUT2D eigenvalue weighted by molar-refractivity contribution is 7.89. The van der Waals surface area contributed by atoms with Gasteiger partial charge in [0, 0.05) is 6.54 Å². The molecule has 88 valence electrons. The van der Waals surface area contributed by atoms with Crippen LogP contribution >= 0.6 is 0 Å². The molecule has 0 bridgehead atoms. The first-order valence-corrected chi connectivity index (χ1v) is 6.49. The molecular formula is C9H17NO4S. The summed E-state index contributed by atoms with van der Waals surface area (Å²) in [7, 11) is -3.36. The third-order valence-electron chi connectivity index (χ3n) is 2.48. The van der Waals surface area contributed by atoms with Crippen LogP contribution in [-0.4, -0.2) is 42.1 Å². The molecule has 1 aliphatic rings. The minimum absolute atomic E-state index is 0.0624. The first kappa shape index (κ1) is 12.4. The number of carbonyl (C=O) groups is 1. The van der Waals surface area contributed by atoms with Crippen molar-refractivity contribution in [3.63, 3.8) is 0 Å². The molecule has 1 atom stereocenters. The maximum atomic E-state index is 11.6. The number of hydrogen-bond acceptors (Lipinski definition) is 3. The molecule has 0 radical (unpaired) electrons. The average molecular weight is 235 g/mol. The second-order valence-corrected chi connectivity index (χ2v) is 6.93. The summed E-state index contributed by atoms with van der Waals surface area (Å²) in [4.78, 5) is 11.1. The zero-order valence-electron chi connectivity index (χ0n) is 9.23. The fraction of sp³-hybridized carbons (Fsp3) is 0.889.